The molecule has 1 fully saturated rings. The van der Waals surface area contributed by atoms with Gasteiger partial charge in [-0.15, -0.1) is 11.3 Å². The van der Waals surface area contributed by atoms with Gasteiger partial charge < -0.3 is 10.6 Å². The molecule has 0 saturated carbocycles. The van der Waals surface area contributed by atoms with Gasteiger partial charge in [0, 0.05) is 18.0 Å². The van der Waals surface area contributed by atoms with Gasteiger partial charge >= 0.3 is 6.18 Å². The SMILES string of the molecule is CCNC(=NCc1cccs1)NCCC1CCN(CC(F)(F)F)CC1. The quantitative estimate of drug-likeness (QED) is 0.565. The summed E-state index contributed by atoms with van der Waals surface area (Å²) in [5, 5.41) is 8.59. The molecule has 1 aliphatic heterocycles. The molecule has 0 radical (unpaired) electrons. The van der Waals surface area contributed by atoms with Gasteiger partial charge in [0.25, 0.3) is 0 Å². The standard InChI is InChI=1S/C17H27F3N4S/c1-2-21-16(23-12-15-4-3-11-25-15)22-8-5-14-6-9-24(10-7-14)13-17(18,19)20/h3-4,11,14H,2,5-10,12-13H2,1H3,(H2,21,22,23). The minimum atomic E-state index is -4.09. The number of alkyl halides is 3. The Morgan fingerprint density at radius 1 is 1.32 bits per heavy atom. The van der Waals surface area contributed by atoms with E-state index in [1.165, 1.54) is 9.78 Å². The van der Waals surface area contributed by atoms with Gasteiger partial charge in [0.1, 0.15) is 0 Å². The Kier molecular flexibility index (Phi) is 8.02. The minimum Gasteiger partial charge on any atom is -0.357 e. The van der Waals surface area contributed by atoms with E-state index in [0.29, 0.717) is 25.6 Å². The molecule has 25 heavy (non-hydrogen) atoms. The fourth-order valence-electron chi connectivity index (χ4n) is 2.98. The normalized spacial score (nSPS) is 17.7. The molecule has 0 aliphatic carbocycles. The molecule has 2 N–H and O–H groups in total. The third kappa shape index (κ3) is 8.09. The second-order valence-electron chi connectivity index (χ2n) is 6.32. The maximum atomic E-state index is 12.4. The minimum absolute atomic E-state index is 0.483. The molecule has 0 bridgehead atoms. The van der Waals surface area contributed by atoms with Crippen LogP contribution in [0, 0.1) is 5.92 Å². The van der Waals surface area contributed by atoms with E-state index < -0.39 is 12.7 Å². The fraction of sp³-hybridized carbons (Fsp3) is 0.706. The molecular formula is C17H27F3N4S. The molecule has 1 saturated heterocycles. The maximum Gasteiger partial charge on any atom is 0.401 e. The van der Waals surface area contributed by atoms with E-state index in [4.69, 9.17) is 0 Å². The largest absolute Gasteiger partial charge is 0.401 e. The number of nitrogens with zero attached hydrogens (tertiary/aromatic N) is 2. The number of nitrogens with one attached hydrogen (secondary N) is 2. The molecule has 8 heteroatoms. The van der Waals surface area contributed by atoms with Crippen LogP contribution in [-0.4, -0.2) is 49.8 Å². The van der Waals surface area contributed by atoms with Crippen molar-refractivity contribution in [2.45, 2.75) is 38.9 Å². The van der Waals surface area contributed by atoms with Crippen LogP contribution in [0.2, 0.25) is 0 Å². The van der Waals surface area contributed by atoms with Crippen LogP contribution in [0.15, 0.2) is 22.5 Å². The molecule has 0 aromatic carbocycles. The summed E-state index contributed by atoms with van der Waals surface area (Å²) in [6.07, 6.45) is -1.46. The summed E-state index contributed by atoms with van der Waals surface area (Å²) in [4.78, 5) is 7.29. The predicted octanol–water partition coefficient (Wildman–Crippen LogP) is 3.47. The highest BCUT2D eigenvalue weighted by molar-refractivity contribution is 7.09. The first-order valence-corrected chi connectivity index (χ1v) is 9.68. The molecule has 0 atom stereocenters. The van der Waals surface area contributed by atoms with Crippen molar-refractivity contribution in [2.24, 2.45) is 10.9 Å². The highest BCUT2D eigenvalue weighted by Crippen LogP contribution is 2.23. The van der Waals surface area contributed by atoms with E-state index in [2.05, 4.69) is 21.7 Å². The number of likely N-dealkylation sites (tertiary alicyclic amines) is 1. The Bertz CT molecular complexity index is 508. The summed E-state index contributed by atoms with van der Waals surface area (Å²) in [7, 11) is 0. The average molecular weight is 376 g/mol. The number of guanidine groups is 1. The van der Waals surface area contributed by atoms with Crippen LogP contribution < -0.4 is 10.6 Å². The van der Waals surface area contributed by atoms with Gasteiger partial charge in [0.05, 0.1) is 13.1 Å². The molecule has 2 heterocycles. The molecule has 0 spiro atoms. The van der Waals surface area contributed by atoms with Gasteiger partial charge in [-0.1, -0.05) is 6.07 Å². The lowest BCUT2D eigenvalue weighted by Crippen LogP contribution is -2.41. The number of rotatable bonds is 7. The highest BCUT2D eigenvalue weighted by Gasteiger charge is 2.32. The zero-order valence-electron chi connectivity index (χ0n) is 14.6. The second-order valence-corrected chi connectivity index (χ2v) is 7.36. The zero-order chi connectivity index (χ0) is 18.1. The number of hydrogen-bond acceptors (Lipinski definition) is 3. The summed E-state index contributed by atoms with van der Waals surface area (Å²) < 4.78 is 37.2. The van der Waals surface area contributed by atoms with Crippen LogP contribution in [0.4, 0.5) is 13.2 Å². The first kappa shape index (κ1) is 20.0. The van der Waals surface area contributed by atoms with Crippen LogP contribution in [0.5, 0.6) is 0 Å². The number of piperidine rings is 1. The summed E-state index contributed by atoms with van der Waals surface area (Å²) in [6.45, 7) is 4.57. The Balaban J connectivity index is 1.67. The Hall–Kier alpha value is -1.28. The van der Waals surface area contributed by atoms with Gasteiger partial charge in [-0.05, 0) is 56.6 Å². The zero-order valence-corrected chi connectivity index (χ0v) is 15.4. The molecule has 1 aliphatic rings. The number of hydrogen-bond donors (Lipinski definition) is 2. The second kappa shape index (κ2) is 10.0. The van der Waals surface area contributed by atoms with Crippen LogP contribution in [0.25, 0.3) is 0 Å². The Morgan fingerprint density at radius 2 is 2.08 bits per heavy atom. The summed E-state index contributed by atoms with van der Waals surface area (Å²) in [6, 6.07) is 4.08. The van der Waals surface area contributed by atoms with Crippen molar-refractivity contribution in [3.05, 3.63) is 22.4 Å². The highest BCUT2D eigenvalue weighted by atomic mass is 32.1. The summed E-state index contributed by atoms with van der Waals surface area (Å²) >= 11 is 1.69. The molecule has 2 rings (SSSR count). The van der Waals surface area contributed by atoms with Crippen LogP contribution in [0.1, 0.15) is 31.1 Å². The lowest BCUT2D eigenvalue weighted by molar-refractivity contribution is -0.148. The fourth-order valence-corrected chi connectivity index (χ4v) is 3.61. The molecule has 4 nitrogen and oxygen atoms in total. The predicted molar refractivity (Wildman–Crippen MR) is 97.0 cm³/mol. The van der Waals surface area contributed by atoms with Crippen molar-refractivity contribution in [2.75, 3.05) is 32.7 Å². The summed E-state index contributed by atoms with van der Waals surface area (Å²) in [5.74, 6) is 1.28. The van der Waals surface area contributed by atoms with E-state index in [0.717, 1.165) is 38.3 Å². The molecule has 1 aromatic rings. The number of thiophene rings is 1. The van der Waals surface area contributed by atoms with Crippen LogP contribution in [-0.2, 0) is 6.54 Å². The Morgan fingerprint density at radius 3 is 2.68 bits per heavy atom. The number of aliphatic imine (C=N–C) groups is 1. The third-order valence-electron chi connectivity index (χ3n) is 4.27. The van der Waals surface area contributed by atoms with Gasteiger partial charge in [0.2, 0.25) is 0 Å². The monoisotopic (exact) mass is 376 g/mol. The van der Waals surface area contributed by atoms with E-state index >= 15 is 0 Å². The third-order valence-corrected chi connectivity index (χ3v) is 5.13. The van der Waals surface area contributed by atoms with Crippen molar-refractivity contribution >= 4 is 17.3 Å². The van der Waals surface area contributed by atoms with Gasteiger partial charge in [-0.3, -0.25) is 4.90 Å². The molecule has 142 valence electrons. The first-order chi connectivity index (χ1) is 12.0. The first-order valence-electron chi connectivity index (χ1n) is 8.80. The van der Waals surface area contributed by atoms with Crippen LogP contribution >= 0.6 is 11.3 Å². The summed E-state index contributed by atoms with van der Waals surface area (Å²) in [5.41, 5.74) is 0. The van der Waals surface area contributed by atoms with E-state index in [1.807, 2.05) is 18.4 Å². The molecule has 0 unspecified atom stereocenters. The molecule has 0 amide bonds. The van der Waals surface area contributed by atoms with Crippen molar-refractivity contribution in [3.8, 4) is 0 Å². The number of halogens is 3. The van der Waals surface area contributed by atoms with Crippen molar-refractivity contribution in [3.63, 3.8) is 0 Å². The van der Waals surface area contributed by atoms with Crippen molar-refractivity contribution in [1.29, 1.82) is 0 Å². The van der Waals surface area contributed by atoms with Gasteiger partial charge in [-0.25, -0.2) is 4.99 Å². The van der Waals surface area contributed by atoms with Crippen molar-refractivity contribution in [1.82, 2.24) is 15.5 Å². The van der Waals surface area contributed by atoms with Crippen molar-refractivity contribution < 1.29 is 13.2 Å². The van der Waals surface area contributed by atoms with E-state index in [1.54, 1.807) is 11.3 Å². The molecular weight excluding hydrogens is 349 g/mol. The smallest absolute Gasteiger partial charge is 0.357 e. The van der Waals surface area contributed by atoms with E-state index in [9.17, 15) is 13.2 Å². The topological polar surface area (TPSA) is 39.7 Å². The maximum absolute atomic E-state index is 12.4. The van der Waals surface area contributed by atoms with E-state index in [-0.39, 0.29) is 0 Å². The lowest BCUT2D eigenvalue weighted by atomic mass is 9.93. The molecule has 1 aromatic heterocycles. The van der Waals surface area contributed by atoms with Gasteiger partial charge in [-0.2, -0.15) is 13.2 Å². The average Bonchev–Trinajstić information content (AvgIpc) is 3.06. The van der Waals surface area contributed by atoms with Crippen LogP contribution in [0.3, 0.4) is 0 Å². The van der Waals surface area contributed by atoms with Gasteiger partial charge in [0.15, 0.2) is 5.96 Å². The lowest BCUT2D eigenvalue weighted by Gasteiger charge is -2.32. The Labute approximate surface area is 151 Å².